The molecule has 0 aliphatic heterocycles. The van der Waals surface area contributed by atoms with E-state index in [2.05, 4.69) is 5.32 Å². The number of hydrogen-bond donors (Lipinski definition) is 1. The van der Waals surface area contributed by atoms with Crippen LogP contribution in [-0.2, 0) is 4.79 Å². The predicted octanol–water partition coefficient (Wildman–Crippen LogP) is 3.37. The Morgan fingerprint density at radius 2 is 1.65 bits per heavy atom. The number of carbonyl (C=O) groups is 1. The van der Waals surface area contributed by atoms with E-state index in [1.165, 1.54) is 43.3 Å². The van der Waals surface area contributed by atoms with E-state index in [0.29, 0.717) is 0 Å². The molecule has 0 saturated carbocycles. The number of carbonyl (C=O) groups excluding carboxylic acids is 1. The van der Waals surface area contributed by atoms with Crippen molar-refractivity contribution in [2.24, 2.45) is 0 Å². The molecule has 0 aromatic heterocycles. The molecule has 0 aliphatic rings. The number of anilines is 1. The highest BCUT2D eigenvalue weighted by Crippen LogP contribution is 2.18. The summed E-state index contributed by atoms with van der Waals surface area (Å²) >= 11 is 0. The number of ether oxygens (including phenoxy) is 1. The average molecular weight is 277 g/mol. The van der Waals surface area contributed by atoms with Gasteiger partial charge in [-0.3, -0.25) is 4.79 Å². The zero-order valence-electron chi connectivity index (χ0n) is 10.8. The van der Waals surface area contributed by atoms with E-state index in [1.807, 2.05) is 0 Å². The van der Waals surface area contributed by atoms with Gasteiger partial charge in [0.1, 0.15) is 5.82 Å². The Labute approximate surface area is 115 Å². The van der Waals surface area contributed by atoms with Crippen LogP contribution in [0.15, 0.2) is 48.5 Å². The van der Waals surface area contributed by atoms with Gasteiger partial charge in [0.15, 0.2) is 17.7 Å². The summed E-state index contributed by atoms with van der Waals surface area (Å²) in [6, 6.07) is 11.6. The summed E-state index contributed by atoms with van der Waals surface area (Å²) in [5, 5.41) is 2.39. The van der Waals surface area contributed by atoms with E-state index in [0.717, 1.165) is 0 Å². The zero-order chi connectivity index (χ0) is 14.5. The lowest BCUT2D eigenvalue weighted by atomic mass is 10.2. The van der Waals surface area contributed by atoms with Crippen LogP contribution < -0.4 is 10.1 Å². The van der Waals surface area contributed by atoms with Crippen LogP contribution in [0.25, 0.3) is 0 Å². The van der Waals surface area contributed by atoms with E-state index in [1.54, 1.807) is 12.1 Å². The number of rotatable bonds is 4. The zero-order valence-corrected chi connectivity index (χ0v) is 10.8. The average Bonchev–Trinajstić information content (AvgIpc) is 2.43. The molecule has 20 heavy (non-hydrogen) atoms. The maximum absolute atomic E-state index is 13.4. The van der Waals surface area contributed by atoms with Gasteiger partial charge in [0.2, 0.25) is 0 Å². The maximum atomic E-state index is 13.4. The molecule has 0 bridgehead atoms. The van der Waals surface area contributed by atoms with Crippen molar-refractivity contribution < 1.29 is 18.3 Å². The molecule has 2 aromatic rings. The number of halogens is 2. The largest absolute Gasteiger partial charge is 0.478 e. The van der Waals surface area contributed by atoms with Crippen LogP contribution in [0, 0.1) is 11.6 Å². The number of hydrogen-bond acceptors (Lipinski definition) is 2. The molecule has 1 atom stereocenters. The van der Waals surface area contributed by atoms with E-state index in [-0.39, 0.29) is 11.4 Å². The Hall–Kier alpha value is -2.43. The van der Waals surface area contributed by atoms with Crippen molar-refractivity contribution in [3.8, 4) is 5.75 Å². The quantitative estimate of drug-likeness (QED) is 0.930. The van der Waals surface area contributed by atoms with Crippen molar-refractivity contribution >= 4 is 11.6 Å². The topological polar surface area (TPSA) is 38.3 Å². The fourth-order valence-electron chi connectivity index (χ4n) is 1.58. The summed E-state index contributed by atoms with van der Waals surface area (Å²) in [6.07, 6.45) is -0.952. The number of nitrogens with one attached hydrogen (secondary N) is 1. The van der Waals surface area contributed by atoms with Crippen LogP contribution in [-0.4, -0.2) is 12.0 Å². The Kier molecular flexibility index (Phi) is 4.30. The lowest BCUT2D eigenvalue weighted by Crippen LogP contribution is -2.30. The molecule has 0 aliphatic carbocycles. The third-order valence-corrected chi connectivity index (χ3v) is 2.64. The SMILES string of the molecule is C[C@H](Oc1ccccc1F)C(=O)Nc1ccccc1F. The van der Waals surface area contributed by atoms with Crippen LogP contribution in [0.5, 0.6) is 5.75 Å². The first kappa shape index (κ1) is 14.0. The van der Waals surface area contributed by atoms with Gasteiger partial charge >= 0.3 is 0 Å². The third kappa shape index (κ3) is 3.32. The molecule has 0 unspecified atom stereocenters. The second kappa shape index (κ2) is 6.14. The monoisotopic (exact) mass is 277 g/mol. The molecule has 1 amide bonds. The molecule has 3 nitrogen and oxygen atoms in total. The van der Waals surface area contributed by atoms with E-state index in [4.69, 9.17) is 4.74 Å². The molecule has 0 saturated heterocycles. The summed E-state index contributed by atoms with van der Waals surface area (Å²) in [4.78, 5) is 11.9. The summed E-state index contributed by atoms with van der Waals surface area (Å²) in [5.74, 6) is -1.68. The van der Waals surface area contributed by atoms with Gasteiger partial charge < -0.3 is 10.1 Å². The fourth-order valence-corrected chi connectivity index (χ4v) is 1.58. The first-order valence-electron chi connectivity index (χ1n) is 6.04. The fraction of sp³-hybridized carbons (Fsp3) is 0.133. The van der Waals surface area contributed by atoms with Crippen LogP contribution in [0.4, 0.5) is 14.5 Å². The molecule has 104 valence electrons. The normalized spacial score (nSPS) is 11.8. The van der Waals surface area contributed by atoms with E-state index < -0.39 is 23.6 Å². The van der Waals surface area contributed by atoms with Crippen LogP contribution in [0.1, 0.15) is 6.92 Å². The van der Waals surface area contributed by atoms with E-state index in [9.17, 15) is 13.6 Å². The Morgan fingerprint density at radius 3 is 2.30 bits per heavy atom. The highest BCUT2D eigenvalue weighted by molar-refractivity contribution is 5.94. The summed E-state index contributed by atoms with van der Waals surface area (Å²) in [5.41, 5.74) is 0.0569. The van der Waals surface area contributed by atoms with Crippen molar-refractivity contribution in [2.45, 2.75) is 13.0 Å². The molecular weight excluding hydrogens is 264 g/mol. The van der Waals surface area contributed by atoms with Crippen LogP contribution in [0.2, 0.25) is 0 Å². The molecule has 0 heterocycles. The van der Waals surface area contributed by atoms with Crippen molar-refractivity contribution in [2.75, 3.05) is 5.32 Å². The minimum atomic E-state index is -0.952. The van der Waals surface area contributed by atoms with Crippen molar-refractivity contribution in [1.82, 2.24) is 0 Å². The summed E-state index contributed by atoms with van der Waals surface area (Å²) in [6.45, 7) is 1.46. The van der Waals surface area contributed by atoms with E-state index >= 15 is 0 Å². The van der Waals surface area contributed by atoms with Gasteiger partial charge in [-0.1, -0.05) is 24.3 Å². The van der Waals surface area contributed by atoms with Gasteiger partial charge in [-0.2, -0.15) is 0 Å². The molecule has 1 N–H and O–H groups in total. The molecule has 5 heteroatoms. The Bertz CT molecular complexity index is 616. The first-order chi connectivity index (χ1) is 9.58. The van der Waals surface area contributed by atoms with Gasteiger partial charge in [-0.15, -0.1) is 0 Å². The number of amides is 1. The summed E-state index contributed by atoms with van der Waals surface area (Å²) in [7, 11) is 0. The second-order valence-electron chi connectivity index (χ2n) is 4.16. The second-order valence-corrected chi connectivity index (χ2v) is 4.16. The van der Waals surface area contributed by atoms with Gasteiger partial charge in [0, 0.05) is 0 Å². The Morgan fingerprint density at radius 1 is 1.05 bits per heavy atom. The highest BCUT2D eigenvalue weighted by atomic mass is 19.1. The molecule has 0 spiro atoms. The molecule has 0 radical (unpaired) electrons. The van der Waals surface area contributed by atoms with Gasteiger partial charge in [0.05, 0.1) is 5.69 Å². The molecular formula is C15H13F2NO2. The molecule has 0 fully saturated rings. The van der Waals surface area contributed by atoms with Gasteiger partial charge in [-0.05, 0) is 31.2 Å². The first-order valence-corrected chi connectivity index (χ1v) is 6.04. The molecule has 2 aromatic carbocycles. The number of para-hydroxylation sites is 2. The third-order valence-electron chi connectivity index (χ3n) is 2.64. The van der Waals surface area contributed by atoms with Crippen molar-refractivity contribution in [1.29, 1.82) is 0 Å². The maximum Gasteiger partial charge on any atom is 0.265 e. The minimum absolute atomic E-state index is 0.0244. The van der Waals surface area contributed by atoms with Crippen molar-refractivity contribution in [3.05, 3.63) is 60.2 Å². The smallest absolute Gasteiger partial charge is 0.265 e. The Balaban J connectivity index is 2.03. The lowest BCUT2D eigenvalue weighted by molar-refractivity contribution is -0.122. The van der Waals surface area contributed by atoms with Crippen molar-refractivity contribution in [3.63, 3.8) is 0 Å². The van der Waals surface area contributed by atoms with Gasteiger partial charge in [0.25, 0.3) is 5.91 Å². The highest BCUT2D eigenvalue weighted by Gasteiger charge is 2.17. The standard InChI is InChI=1S/C15H13F2NO2/c1-10(20-14-9-5-3-7-12(14)17)15(19)18-13-8-4-2-6-11(13)16/h2-10H,1H3,(H,18,19)/t10-/m0/s1. The minimum Gasteiger partial charge on any atom is -0.478 e. The predicted molar refractivity (Wildman–Crippen MR) is 71.5 cm³/mol. The molecule has 2 rings (SSSR count). The van der Waals surface area contributed by atoms with Crippen LogP contribution >= 0.6 is 0 Å². The number of benzene rings is 2. The lowest BCUT2D eigenvalue weighted by Gasteiger charge is -2.15. The van der Waals surface area contributed by atoms with Crippen LogP contribution in [0.3, 0.4) is 0 Å². The summed E-state index contributed by atoms with van der Waals surface area (Å²) < 4.78 is 32.0. The van der Waals surface area contributed by atoms with Gasteiger partial charge in [-0.25, -0.2) is 8.78 Å².